The Morgan fingerprint density at radius 1 is 1.57 bits per heavy atom. The first-order valence-corrected chi connectivity index (χ1v) is 4.33. The molecule has 0 aliphatic heterocycles. The Morgan fingerprint density at radius 2 is 2.21 bits per heavy atom. The molecule has 0 fully saturated rings. The highest BCUT2D eigenvalue weighted by atomic mass is 35.5. The van der Waals surface area contributed by atoms with Crippen LogP contribution in [0.1, 0.15) is 23.1 Å². The Hall–Kier alpha value is -0.940. The first-order chi connectivity index (χ1) is 6.61. The van der Waals surface area contributed by atoms with Crippen LogP contribution in [-0.2, 0) is 12.5 Å². The van der Waals surface area contributed by atoms with Crippen LogP contribution >= 0.6 is 11.6 Å². The molecule has 0 amide bonds. The molecule has 0 aliphatic rings. The Bertz CT molecular complexity index is 378. The number of aromatic nitrogens is 1. The fourth-order valence-electron chi connectivity index (χ4n) is 1.16. The van der Waals surface area contributed by atoms with E-state index < -0.39 is 24.2 Å². The van der Waals surface area contributed by atoms with Crippen molar-refractivity contribution in [1.29, 1.82) is 0 Å². The number of aliphatic hydroxyl groups excluding tert-OH is 1. The van der Waals surface area contributed by atoms with Crippen LogP contribution < -0.4 is 5.56 Å². The van der Waals surface area contributed by atoms with Gasteiger partial charge >= 0.3 is 0 Å². The predicted octanol–water partition coefficient (Wildman–Crippen LogP) is 1.54. The fraction of sp³-hybridized carbons (Fsp3) is 0.375. The second kappa shape index (κ2) is 4.52. The van der Waals surface area contributed by atoms with Crippen molar-refractivity contribution in [2.24, 2.45) is 0 Å². The van der Waals surface area contributed by atoms with Gasteiger partial charge in [0.15, 0.2) is 0 Å². The quantitative estimate of drug-likeness (QED) is 0.764. The minimum atomic E-state index is -2.89. The average molecular weight is 224 g/mol. The molecule has 3 nitrogen and oxygen atoms in total. The summed E-state index contributed by atoms with van der Waals surface area (Å²) in [5, 5.41) is 8.82. The van der Waals surface area contributed by atoms with Gasteiger partial charge in [-0.05, 0) is 11.1 Å². The summed E-state index contributed by atoms with van der Waals surface area (Å²) in [6, 6.07) is 0. The van der Waals surface area contributed by atoms with E-state index in [0.29, 0.717) is 0 Å². The molecule has 14 heavy (non-hydrogen) atoms. The van der Waals surface area contributed by atoms with Gasteiger partial charge in [0.05, 0.1) is 12.2 Å². The van der Waals surface area contributed by atoms with Crippen LogP contribution in [0.3, 0.4) is 0 Å². The Kier molecular flexibility index (Phi) is 3.60. The molecule has 0 aliphatic carbocycles. The highest BCUT2D eigenvalue weighted by molar-refractivity contribution is 6.17. The molecule has 0 saturated carbocycles. The molecule has 0 radical (unpaired) electrons. The maximum absolute atomic E-state index is 12.4. The minimum Gasteiger partial charge on any atom is -0.392 e. The van der Waals surface area contributed by atoms with E-state index >= 15 is 0 Å². The van der Waals surface area contributed by atoms with Gasteiger partial charge in [0.2, 0.25) is 0 Å². The summed E-state index contributed by atoms with van der Waals surface area (Å²) in [7, 11) is 0. The maximum atomic E-state index is 12.4. The lowest BCUT2D eigenvalue weighted by Gasteiger charge is -2.08. The summed E-state index contributed by atoms with van der Waals surface area (Å²) >= 11 is 5.43. The van der Waals surface area contributed by atoms with E-state index in [1.54, 1.807) is 0 Å². The molecule has 0 atom stereocenters. The van der Waals surface area contributed by atoms with E-state index in [2.05, 4.69) is 4.98 Å². The van der Waals surface area contributed by atoms with Crippen LogP contribution in [0.2, 0.25) is 0 Å². The van der Waals surface area contributed by atoms with Gasteiger partial charge in [-0.2, -0.15) is 0 Å². The second-order valence-corrected chi connectivity index (χ2v) is 2.89. The zero-order chi connectivity index (χ0) is 10.7. The van der Waals surface area contributed by atoms with E-state index in [4.69, 9.17) is 16.7 Å². The first-order valence-electron chi connectivity index (χ1n) is 3.80. The standard InChI is InChI=1S/C8H8ClF2NO2/c9-1-5-4(3-13)2-12-8(14)6(5)7(10)11/h2,7,13H,1,3H2,(H,12,14). The SMILES string of the molecule is O=c1[nH]cc(CO)c(CCl)c1C(F)F. The largest absolute Gasteiger partial charge is 0.392 e. The summed E-state index contributed by atoms with van der Waals surface area (Å²) in [5.41, 5.74) is -1.30. The van der Waals surface area contributed by atoms with Crippen LogP contribution in [0, 0.1) is 0 Å². The van der Waals surface area contributed by atoms with Crippen LogP contribution in [-0.4, -0.2) is 10.1 Å². The number of pyridine rings is 1. The minimum absolute atomic E-state index is 0.00733. The van der Waals surface area contributed by atoms with Gasteiger partial charge in [0.25, 0.3) is 12.0 Å². The number of hydrogen-bond acceptors (Lipinski definition) is 2. The van der Waals surface area contributed by atoms with Crippen molar-refractivity contribution in [1.82, 2.24) is 4.98 Å². The number of aliphatic hydroxyl groups is 1. The Balaban J connectivity index is 3.43. The van der Waals surface area contributed by atoms with Gasteiger partial charge in [0, 0.05) is 12.1 Å². The molecule has 1 heterocycles. The van der Waals surface area contributed by atoms with E-state index in [0.717, 1.165) is 0 Å². The molecule has 0 aromatic carbocycles. The lowest BCUT2D eigenvalue weighted by molar-refractivity contribution is 0.148. The van der Waals surface area contributed by atoms with Crippen LogP contribution in [0.5, 0.6) is 0 Å². The van der Waals surface area contributed by atoms with Crippen molar-refractivity contribution in [2.75, 3.05) is 0 Å². The third kappa shape index (κ3) is 1.93. The average Bonchev–Trinajstić information content (AvgIpc) is 2.16. The number of rotatable bonds is 3. The topological polar surface area (TPSA) is 53.1 Å². The second-order valence-electron chi connectivity index (χ2n) is 2.63. The van der Waals surface area contributed by atoms with Gasteiger partial charge in [-0.25, -0.2) is 8.78 Å². The maximum Gasteiger partial charge on any atom is 0.269 e. The predicted molar refractivity (Wildman–Crippen MR) is 47.5 cm³/mol. The molecule has 1 rings (SSSR count). The van der Waals surface area contributed by atoms with Crippen molar-refractivity contribution in [2.45, 2.75) is 18.9 Å². The molecule has 0 saturated heterocycles. The summed E-state index contributed by atoms with van der Waals surface area (Å²) in [4.78, 5) is 13.2. The molecule has 2 N–H and O–H groups in total. The molecule has 1 aromatic rings. The number of H-pyrrole nitrogens is 1. The summed E-state index contributed by atoms with van der Waals surface area (Å²) in [6.07, 6.45) is -1.70. The number of alkyl halides is 3. The van der Waals surface area contributed by atoms with Gasteiger partial charge in [0.1, 0.15) is 0 Å². The monoisotopic (exact) mass is 223 g/mol. The molecular formula is C8H8ClF2NO2. The zero-order valence-electron chi connectivity index (χ0n) is 7.06. The van der Waals surface area contributed by atoms with Crippen LogP contribution in [0.4, 0.5) is 8.78 Å². The van der Waals surface area contributed by atoms with Crippen LogP contribution in [0.25, 0.3) is 0 Å². The van der Waals surface area contributed by atoms with Gasteiger partial charge < -0.3 is 10.1 Å². The summed E-state index contributed by atoms with van der Waals surface area (Å²) in [5.74, 6) is -0.223. The molecule has 0 bridgehead atoms. The normalized spacial score (nSPS) is 10.9. The van der Waals surface area contributed by atoms with Gasteiger partial charge in [-0.15, -0.1) is 11.6 Å². The number of halogens is 3. The van der Waals surface area contributed by atoms with Crippen molar-refractivity contribution in [3.63, 3.8) is 0 Å². The first kappa shape index (κ1) is 11.1. The van der Waals surface area contributed by atoms with Crippen molar-refractivity contribution in [3.8, 4) is 0 Å². The molecule has 78 valence electrons. The van der Waals surface area contributed by atoms with Crippen molar-refractivity contribution in [3.05, 3.63) is 33.2 Å². The van der Waals surface area contributed by atoms with E-state index in [-0.39, 0.29) is 17.0 Å². The number of aromatic amines is 1. The molecule has 0 unspecified atom stereocenters. The van der Waals surface area contributed by atoms with E-state index in [1.807, 2.05) is 0 Å². The molecular weight excluding hydrogens is 216 g/mol. The van der Waals surface area contributed by atoms with Crippen LogP contribution in [0.15, 0.2) is 11.0 Å². The van der Waals surface area contributed by atoms with Crippen molar-refractivity contribution < 1.29 is 13.9 Å². The van der Waals surface area contributed by atoms with Gasteiger partial charge in [-0.1, -0.05) is 0 Å². The van der Waals surface area contributed by atoms with E-state index in [9.17, 15) is 13.6 Å². The Morgan fingerprint density at radius 3 is 2.64 bits per heavy atom. The van der Waals surface area contributed by atoms with E-state index in [1.165, 1.54) is 6.20 Å². The molecule has 0 spiro atoms. The number of hydrogen-bond donors (Lipinski definition) is 2. The molecule has 1 aromatic heterocycles. The summed E-state index contributed by atoms with van der Waals surface area (Å²) in [6.45, 7) is -0.432. The zero-order valence-corrected chi connectivity index (χ0v) is 7.81. The highest BCUT2D eigenvalue weighted by Crippen LogP contribution is 2.23. The third-order valence-electron chi connectivity index (χ3n) is 1.86. The summed E-state index contributed by atoms with van der Waals surface area (Å²) < 4.78 is 24.9. The highest BCUT2D eigenvalue weighted by Gasteiger charge is 2.19. The number of nitrogens with one attached hydrogen (secondary N) is 1. The van der Waals surface area contributed by atoms with Gasteiger partial charge in [-0.3, -0.25) is 4.79 Å². The lowest BCUT2D eigenvalue weighted by atomic mass is 10.1. The lowest BCUT2D eigenvalue weighted by Crippen LogP contribution is -2.17. The van der Waals surface area contributed by atoms with Crippen molar-refractivity contribution >= 4 is 11.6 Å². The molecule has 6 heteroatoms. The smallest absolute Gasteiger partial charge is 0.269 e. The third-order valence-corrected chi connectivity index (χ3v) is 2.12. The Labute approximate surface area is 83.3 Å². The fourth-order valence-corrected chi connectivity index (χ4v) is 1.47.